The second kappa shape index (κ2) is 9.54. The summed E-state index contributed by atoms with van der Waals surface area (Å²) < 4.78 is 83.0. The molecule has 1 saturated heterocycles. The van der Waals surface area contributed by atoms with Gasteiger partial charge >= 0.3 is 18.4 Å². The maximum Gasteiger partial charge on any atom is 0.417 e. The van der Waals surface area contributed by atoms with Gasteiger partial charge in [0.05, 0.1) is 29.5 Å². The molecule has 30 heavy (non-hydrogen) atoms. The van der Waals surface area contributed by atoms with Crippen molar-refractivity contribution in [2.24, 2.45) is 5.16 Å². The highest BCUT2D eigenvalue weighted by molar-refractivity contribution is 5.98. The lowest BCUT2D eigenvalue weighted by atomic mass is 10.0. The van der Waals surface area contributed by atoms with Crippen LogP contribution in [0, 0.1) is 0 Å². The Hall–Kier alpha value is -2.50. The van der Waals surface area contributed by atoms with E-state index in [0.717, 1.165) is 6.07 Å². The molecule has 1 aliphatic heterocycles. The third kappa shape index (κ3) is 6.51. The molecule has 0 unspecified atom stereocenters. The van der Waals surface area contributed by atoms with Crippen LogP contribution in [0.25, 0.3) is 0 Å². The predicted octanol–water partition coefficient (Wildman–Crippen LogP) is 4.62. The number of amides is 1. The molecule has 0 bridgehead atoms. The van der Waals surface area contributed by atoms with E-state index < -0.39 is 29.6 Å². The number of alkyl halides is 6. The summed E-state index contributed by atoms with van der Waals surface area (Å²) in [6, 6.07) is 1.65. The highest BCUT2D eigenvalue weighted by Gasteiger charge is 2.43. The van der Waals surface area contributed by atoms with Crippen LogP contribution in [0.15, 0.2) is 23.4 Å². The zero-order valence-electron chi connectivity index (χ0n) is 15.9. The normalized spacial score (nSPS) is 16.6. The highest BCUT2D eigenvalue weighted by Crippen LogP contribution is 2.40. The maximum atomic E-state index is 13.0. The van der Waals surface area contributed by atoms with Crippen molar-refractivity contribution in [1.82, 2.24) is 4.90 Å². The van der Waals surface area contributed by atoms with Crippen molar-refractivity contribution in [3.8, 4) is 0 Å². The number of nitrogens with zero attached hydrogens (tertiary/aromatic N) is 2. The first-order chi connectivity index (χ1) is 13.9. The molecule has 1 amide bonds. The molecule has 0 atom stereocenters. The van der Waals surface area contributed by atoms with Crippen molar-refractivity contribution in [2.45, 2.75) is 38.2 Å². The summed E-state index contributed by atoms with van der Waals surface area (Å²) in [7, 11) is 0. The van der Waals surface area contributed by atoms with Gasteiger partial charge in [-0.2, -0.15) is 26.3 Å². The van der Waals surface area contributed by atoms with E-state index in [4.69, 9.17) is 14.7 Å². The molecule has 1 heterocycles. The Labute approximate surface area is 168 Å². The number of carboxylic acid groups (broad SMARTS) is 1. The number of carbonyl (C=O) groups is 1. The van der Waals surface area contributed by atoms with Crippen LogP contribution in [0.1, 0.15) is 36.5 Å². The quantitative estimate of drug-likeness (QED) is 0.302. The van der Waals surface area contributed by atoms with Gasteiger partial charge in [-0.05, 0) is 37.5 Å². The summed E-state index contributed by atoms with van der Waals surface area (Å²) >= 11 is 0. The number of ether oxygens (including phenoxy) is 1. The van der Waals surface area contributed by atoms with Crippen molar-refractivity contribution in [2.75, 3.05) is 26.3 Å². The topological polar surface area (TPSA) is 71.4 Å². The summed E-state index contributed by atoms with van der Waals surface area (Å²) in [5.74, 6) is 0. The maximum absolute atomic E-state index is 13.0. The van der Waals surface area contributed by atoms with Crippen LogP contribution in [0.5, 0.6) is 0 Å². The summed E-state index contributed by atoms with van der Waals surface area (Å²) in [6.07, 6.45) is -10.4. The van der Waals surface area contributed by atoms with Crippen LogP contribution < -0.4 is 0 Å². The fourth-order valence-corrected chi connectivity index (χ4v) is 2.91. The Balaban J connectivity index is 1.89. The molecular formula is C18H20F6N2O4. The summed E-state index contributed by atoms with van der Waals surface area (Å²) in [5.41, 5.74) is -3.74. The fourth-order valence-electron chi connectivity index (χ4n) is 2.91. The van der Waals surface area contributed by atoms with Gasteiger partial charge in [0, 0.05) is 13.1 Å². The van der Waals surface area contributed by atoms with E-state index in [-0.39, 0.29) is 30.6 Å². The smallest absolute Gasteiger partial charge is 0.417 e. The first kappa shape index (κ1) is 23.8. The van der Waals surface area contributed by atoms with Gasteiger partial charge in [0.2, 0.25) is 0 Å². The predicted molar refractivity (Wildman–Crippen MR) is 93.2 cm³/mol. The van der Waals surface area contributed by atoms with E-state index in [1.165, 1.54) is 11.8 Å². The Bertz CT molecular complexity index is 771. The van der Waals surface area contributed by atoms with Crippen LogP contribution in [0.2, 0.25) is 0 Å². The van der Waals surface area contributed by atoms with E-state index in [1.54, 1.807) is 0 Å². The number of oxime groups is 1. The van der Waals surface area contributed by atoms with Gasteiger partial charge in [-0.3, -0.25) is 0 Å². The SMILES string of the molecule is C/C(=N/OCCOC1CCN(C(=O)O)CC1)c1ccc(C(F)(F)F)c(C(F)(F)F)c1. The first-order valence-corrected chi connectivity index (χ1v) is 8.94. The average molecular weight is 442 g/mol. The van der Waals surface area contributed by atoms with Crippen molar-refractivity contribution in [1.29, 1.82) is 0 Å². The molecule has 168 valence electrons. The van der Waals surface area contributed by atoms with Gasteiger partial charge in [0.15, 0.2) is 0 Å². The molecule has 0 aliphatic carbocycles. The molecule has 1 N–H and O–H groups in total. The van der Waals surface area contributed by atoms with Gasteiger partial charge < -0.3 is 19.6 Å². The molecule has 0 saturated carbocycles. The molecule has 6 nitrogen and oxygen atoms in total. The number of hydrogen-bond donors (Lipinski definition) is 1. The molecule has 0 spiro atoms. The number of benzene rings is 1. The third-order valence-electron chi connectivity index (χ3n) is 4.49. The lowest BCUT2D eigenvalue weighted by molar-refractivity contribution is -0.162. The minimum absolute atomic E-state index is 0.0241. The highest BCUT2D eigenvalue weighted by atomic mass is 19.4. The van der Waals surface area contributed by atoms with Crippen molar-refractivity contribution in [3.05, 3.63) is 34.9 Å². The summed E-state index contributed by atoms with van der Waals surface area (Å²) in [4.78, 5) is 17.1. The number of piperidine rings is 1. The zero-order chi connectivity index (χ0) is 22.5. The monoisotopic (exact) mass is 442 g/mol. The van der Waals surface area contributed by atoms with Crippen LogP contribution in [-0.2, 0) is 21.9 Å². The summed E-state index contributed by atoms with van der Waals surface area (Å²) in [5, 5.41) is 12.5. The first-order valence-electron chi connectivity index (χ1n) is 8.94. The number of rotatable bonds is 6. The Kier molecular flexibility index (Phi) is 7.56. The zero-order valence-corrected chi connectivity index (χ0v) is 15.9. The van der Waals surface area contributed by atoms with Gasteiger partial charge in [-0.1, -0.05) is 11.2 Å². The van der Waals surface area contributed by atoms with Crippen molar-refractivity contribution in [3.63, 3.8) is 0 Å². The molecule has 0 aromatic heterocycles. The Morgan fingerprint density at radius 1 is 1.10 bits per heavy atom. The molecule has 12 heteroatoms. The third-order valence-corrected chi connectivity index (χ3v) is 4.49. The van der Waals surface area contributed by atoms with E-state index in [2.05, 4.69) is 5.16 Å². The number of halogens is 6. The van der Waals surface area contributed by atoms with Crippen LogP contribution in [0.3, 0.4) is 0 Å². The second-order valence-electron chi connectivity index (χ2n) is 6.61. The number of hydrogen-bond acceptors (Lipinski definition) is 4. The van der Waals surface area contributed by atoms with Gasteiger partial charge in [0.1, 0.15) is 6.61 Å². The molecule has 1 aromatic carbocycles. The minimum atomic E-state index is -5.17. The molecule has 0 radical (unpaired) electrons. The lowest BCUT2D eigenvalue weighted by Gasteiger charge is -2.29. The van der Waals surface area contributed by atoms with Gasteiger partial charge in [-0.25, -0.2) is 4.79 Å². The molecule has 1 aliphatic rings. The van der Waals surface area contributed by atoms with Crippen LogP contribution in [-0.4, -0.2) is 54.2 Å². The average Bonchev–Trinajstić information content (AvgIpc) is 2.66. The minimum Gasteiger partial charge on any atom is -0.465 e. The number of likely N-dealkylation sites (tertiary alicyclic amines) is 1. The second-order valence-corrected chi connectivity index (χ2v) is 6.61. The standard InChI is InChI=1S/C18H20F6N2O4/c1-11(12-2-3-14(17(19,20)21)15(10-12)18(22,23)24)25-30-9-8-29-13-4-6-26(7-5-13)16(27)28/h2-3,10,13H,4-9H2,1H3,(H,27,28)/b25-11-. The molecule has 2 rings (SSSR count). The fraction of sp³-hybridized carbons (Fsp3) is 0.556. The van der Waals surface area contributed by atoms with Gasteiger partial charge in [-0.15, -0.1) is 0 Å². The van der Waals surface area contributed by atoms with Crippen LogP contribution in [0.4, 0.5) is 31.1 Å². The lowest BCUT2D eigenvalue weighted by Crippen LogP contribution is -2.40. The van der Waals surface area contributed by atoms with Crippen molar-refractivity contribution < 1.29 is 45.8 Å². The summed E-state index contributed by atoms with van der Waals surface area (Å²) in [6.45, 7) is 2.12. The largest absolute Gasteiger partial charge is 0.465 e. The van der Waals surface area contributed by atoms with Gasteiger partial charge in [0.25, 0.3) is 0 Å². The molecule has 1 aromatic rings. The van der Waals surface area contributed by atoms with E-state index >= 15 is 0 Å². The molecule has 1 fully saturated rings. The van der Waals surface area contributed by atoms with Crippen molar-refractivity contribution >= 4 is 11.8 Å². The van der Waals surface area contributed by atoms with Crippen LogP contribution >= 0.6 is 0 Å². The van der Waals surface area contributed by atoms with E-state index in [9.17, 15) is 31.1 Å². The van der Waals surface area contributed by atoms with E-state index in [0.29, 0.717) is 38.1 Å². The Morgan fingerprint density at radius 3 is 2.23 bits per heavy atom. The van der Waals surface area contributed by atoms with E-state index in [1.807, 2.05) is 0 Å². The Morgan fingerprint density at radius 2 is 1.70 bits per heavy atom. The molecular weight excluding hydrogens is 422 g/mol.